The zero-order valence-electron chi connectivity index (χ0n) is 20.9. The van der Waals surface area contributed by atoms with E-state index in [0.717, 1.165) is 12.0 Å². The van der Waals surface area contributed by atoms with E-state index in [2.05, 4.69) is 4.98 Å². The SMILES string of the molecule is CCCOC(=O)c1ccc(CN2C(=O)C(=O)/C(=C(/O)c3cc(C)ccc3OC)C2c2cccnc2)cc1. The minimum atomic E-state index is -0.867. The molecule has 4 rings (SSSR count). The monoisotopic (exact) mass is 500 g/mol. The van der Waals surface area contributed by atoms with Crippen LogP contribution in [-0.2, 0) is 20.9 Å². The number of aliphatic hydroxyl groups is 1. The van der Waals surface area contributed by atoms with Gasteiger partial charge in [-0.15, -0.1) is 0 Å². The Labute approximate surface area is 215 Å². The molecule has 190 valence electrons. The highest BCUT2D eigenvalue weighted by atomic mass is 16.5. The first kappa shape index (κ1) is 25.6. The number of hydrogen-bond acceptors (Lipinski definition) is 7. The second kappa shape index (κ2) is 11.1. The van der Waals surface area contributed by atoms with Crippen molar-refractivity contribution >= 4 is 23.4 Å². The van der Waals surface area contributed by atoms with E-state index in [0.29, 0.717) is 34.6 Å². The maximum atomic E-state index is 13.3. The maximum Gasteiger partial charge on any atom is 0.338 e. The third kappa shape index (κ3) is 5.23. The van der Waals surface area contributed by atoms with Crippen molar-refractivity contribution in [3.63, 3.8) is 0 Å². The molecule has 37 heavy (non-hydrogen) atoms. The summed E-state index contributed by atoms with van der Waals surface area (Å²) in [6, 6.07) is 14.5. The van der Waals surface area contributed by atoms with E-state index in [-0.39, 0.29) is 17.9 Å². The molecular weight excluding hydrogens is 472 g/mol. The van der Waals surface area contributed by atoms with Gasteiger partial charge in [0.05, 0.1) is 36.5 Å². The molecule has 1 aliphatic rings. The normalized spacial score (nSPS) is 16.6. The van der Waals surface area contributed by atoms with Crippen molar-refractivity contribution in [3.05, 3.63) is 100 Å². The number of Topliss-reactive ketones (excluding diaryl/α,β-unsaturated/α-hetero) is 1. The number of carbonyl (C=O) groups is 3. The Kier molecular flexibility index (Phi) is 7.67. The summed E-state index contributed by atoms with van der Waals surface area (Å²) in [6.07, 6.45) is 3.88. The van der Waals surface area contributed by atoms with Crippen LogP contribution in [0.2, 0.25) is 0 Å². The number of esters is 1. The second-order valence-corrected chi connectivity index (χ2v) is 8.75. The van der Waals surface area contributed by atoms with Crippen LogP contribution in [-0.4, -0.2) is 46.4 Å². The summed E-state index contributed by atoms with van der Waals surface area (Å²) in [5, 5.41) is 11.4. The Morgan fingerprint density at radius 2 is 1.86 bits per heavy atom. The molecule has 1 saturated heterocycles. The number of aliphatic hydroxyl groups excluding tert-OH is 1. The molecule has 1 aromatic heterocycles. The number of carbonyl (C=O) groups excluding carboxylic acids is 3. The number of amides is 1. The number of benzene rings is 2. The topological polar surface area (TPSA) is 106 Å². The Balaban J connectivity index is 1.75. The molecular formula is C29H28N2O6. The molecule has 8 nitrogen and oxygen atoms in total. The molecule has 0 spiro atoms. The van der Waals surface area contributed by atoms with Gasteiger partial charge in [0.2, 0.25) is 0 Å². The third-order valence-corrected chi connectivity index (χ3v) is 6.13. The molecule has 1 unspecified atom stereocenters. The van der Waals surface area contributed by atoms with Crippen molar-refractivity contribution in [1.82, 2.24) is 9.88 Å². The maximum absolute atomic E-state index is 13.3. The van der Waals surface area contributed by atoms with Gasteiger partial charge in [-0.05, 0) is 54.8 Å². The van der Waals surface area contributed by atoms with Gasteiger partial charge in [0.1, 0.15) is 11.5 Å². The van der Waals surface area contributed by atoms with Crippen LogP contribution in [0, 0.1) is 6.92 Å². The van der Waals surface area contributed by atoms with E-state index in [4.69, 9.17) is 9.47 Å². The van der Waals surface area contributed by atoms with Crippen molar-refractivity contribution in [1.29, 1.82) is 0 Å². The lowest BCUT2D eigenvalue weighted by molar-refractivity contribution is -0.140. The number of pyridine rings is 1. The Morgan fingerprint density at radius 1 is 1.11 bits per heavy atom. The zero-order valence-corrected chi connectivity index (χ0v) is 20.9. The minimum absolute atomic E-state index is 0.0401. The first-order chi connectivity index (χ1) is 17.8. The number of hydrogen-bond donors (Lipinski definition) is 1. The van der Waals surface area contributed by atoms with Crippen molar-refractivity contribution in [2.45, 2.75) is 32.9 Å². The van der Waals surface area contributed by atoms with Crippen LogP contribution in [0.5, 0.6) is 5.75 Å². The van der Waals surface area contributed by atoms with Gasteiger partial charge in [-0.3, -0.25) is 14.6 Å². The summed E-state index contributed by atoms with van der Waals surface area (Å²) in [5.41, 5.74) is 2.82. The average Bonchev–Trinajstić information content (AvgIpc) is 3.17. The van der Waals surface area contributed by atoms with Gasteiger partial charge in [0.15, 0.2) is 0 Å². The molecule has 1 amide bonds. The Morgan fingerprint density at radius 3 is 2.51 bits per heavy atom. The summed E-state index contributed by atoms with van der Waals surface area (Å²) in [7, 11) is 1.47. The van der Waals surface area contributed by atoms with Gasteiger partial charge in [0.25, 0.3) is 11.7 Å². The molecule has 0 saturated carbocycles. The summed E-state index contributed by atoms with van der Waals surface area (Å²) in [6.45, 7) is 4.19. The highest BCUT2D eigenvalue weighted by molar-refractivity contribution is 6.46. The van der Waals surface area contributed by atoms with Crippen LogP contribution in [0.4, 0.5) is 0 Å². The third-order valence-electron chi connectivity index (χ3n) is 6.13. The van der Waals surface area contributed by atoms with Crippen LogP contribution in [0.25, 0.3) is 5.76 Å². The number of rotatable bonds is 8. The first-order valence-electron chi connectivity index (χ1n) is 11.9. The standard InChI is InChI=1S/C29H28N2O6/c1-4-14-37-29(35)20-10-8-19(9-11-20)17-31-25(21-6-5-13-30-16-21)24(27(33)28(31)34)26(32)22-15-18(2)7-12-23(22)36-3/h5-13,15-16,25,32H,4,14,17H2,1-3H3/b26-24+. The van der Waals surface area contributed by atoms with E-state index >= 15 is 0 Å². The Hall–Kier alpha value is -4.46. The highest BCUT2D eigenvalue weighted by Gasteiger charge is 2.46. The van der Waals surface area contributed by atoms with E-state index in [1.54, 1.807) is 60.9 Å². The largest absolute Gasteiger partial charge is 0.507 e. The van der Waals surface area contributed by atoms with Crippen LogP contribution < -0.4 is 4.74 Å². The summed E-state index contributed by atoms with van der Waals surface area (Å²) in [4.78, 5) is 44.3. The van der Waals surface area contributed by atoms with Crippen molar-refractivity contribution in [2.75, 3.05) is 13.7 Å². The van der Waals surface area contributed by atoms with Crippen molar-refractivity contribution in [2.24, 2.45) is 0 Å². The van der Waals surface area contributed by atoms with E-state index in [1.807, 2.05) is 19.9 Å². The molecule has 1 N–H and O–H groups in total. The fourth-order valence-corrected chi connectivity index (χ4v) is 4.30. The molecule has 0 aliphatic carbocycles. The summed E-state index contributed by atoms with van der Waals surface area (Å²) < 4.78 is 10.6. The number of aromatic nitrogens is 1. The molecule has 0 bridgehead atoms. The smallest absolute Gasteiger partial charge is 0.338 e. The van der Waals surface area contributed by atoms with E-state index < -0.39 is 23.7 Å². The molecule has 1 atom stereocenters. The molecule has 8 heteroatoms. The summed E-state index contributed by atoms with van der Waals surface area (Å²) in [5.74, 6) is -1.89. The zero-order chi connectivity index (χ0) is 26.5. The summed E-state index contributed by atoms with van der Waals surface area (Å²) >= 11 is 0. The predicted octanol–water partition coefficient (Wildman–Crippen LogP) is 4.59. The fraction of sp³-hybridized carbons (Fsp3) is 0.241. The Bertz CT molecular complexity index is 1350. The molecule has 2 aromatic carbocycles. The predicted molar refractivity (Wildman–Crippen MR) is 137 cm³/mol. The fourth-order valence-electron chi connectivity index (χ4n) is 4.30. The van der Waals surface area contributed by atoms with Gasteiger partial charge in [-0.25, -0.2) is 4.79 Å². The molecule has 1 fully saturated rings. The van der Waals surface area contributed by atoms with E-state index in [9.17, 15) is 19.5 Å². The van der Waals surface area contributed by atoms with Crippen LogP contribution in [0.15, 0.2) is 72.6 Å². The van der Waals surface area contributed by atoms with Gasteiger partial charge < -0.3 is 19.5 Å². The van der Waals surface area contributed by atoms with Gasteiger partial charge in [-0.1, -0.05) is 36.8 Å². The molecule has 1 aliphatic heterocycles. The van der Waals surface area contributed by atoms with Gasteiger partial charge in [-0.2, -0.15) is 0 Å². The first-order valence-corrected chi connectivity index (χ1v) is 11.9. The van der Waals surface area contributed by atoms with Gasteiger partial charge >= 0.3 is 5.97 Å². The van der Waals surface area contributed by atoms with Crippen LogP contribution in [0.1, 0.15) is 52.0 Å². The molecule has 2 heterocycles. The lowest BCUT2D eigenvalue weighted by Crippen LogP contribution is -2.29. The number of nitrogens with zero attached hydrogens (tertiary/aromatic N) is 2. The van der Waals surface area contributed by atoms with Crippen LogP contribution in [0.3, 0.4) is 0 Å². The van der Waals surface area contributed by atoms with Crippen LogP contribution >= 0.6 is 0 Å². The van der Waals surface area contributed by atoms with E-state index in [1.165, 1.54) is 12.0 Å². The number of methoxy groups -OCH3 is 1. The number of ketones is 1. The molecule has 3 aromatic rings. The quantitative estimate of drug-likeness (QED) is 0.209. The minimum Gasteiger partial charge on any atom is -0.507 e. The van der Waals surface area contributed by atoms with Crippen molar-refractivity contribution in [3.8, 4) is 5.75 Å². The lowest BCUT2D eigenvalue weighted by Gasteiger charge is -2.25. The number of aryl methyl sites for hydroxylation is 1. The molecule has 0 radical (unpaired) electrons. The number of ether oxygens (including phenoxy) is 2. The van der Waals surface area contributed by atoms with Crippen molar-refractivity contribution < 1.29 is 29.0 Å². The van der Waals surface area contributed by atoms with Gasteiger partial charge in [0, 0.05) is 18.9 Å². The number of likely N-dealkylation sites (tertiary alicyclic amines) is 1. The highest BCUT2D eigenvalue weighted by Crippen LogP contribution is 2.41. The lowest BCUT2D eigenvalue weighted by atomic mass is 9.95. The average molecular weight is 501 g/mol. The second-order valence-electron chi connectivity index (χ2n) is 8.75.